The first-order chi connectivity index (χ1) is 10.4. The minimum Gasteiger partial charge on any atom is -0.399 e. The Balaban J connectivity index is 2.36. The predicted octanol–water partition coefficient (Wildman–Crippen LogP) is 4.04. The summed E-state index contributed by atoms with van der Waals surface area (Å²) in [5, 5.41) is 2.08. The number of carbonyl (C=O) groups is 1. The maximum absolute atomic E-state index is 12.5. The number of amides is 1. The Morgan fingerprint density at radius 3 is 2.50 bits per heavy atom. The molecule has 0 spiro atoms. The molecular weight excluding hydrogens is 292 g/mol. The van der Waals surface area contributed by atoms with Gasteiger partial charge >= 0.3 is 0 Å². The van der Waals surface area contributed by atoms with Crippen LogP contribution in [0.15, 0.2) is 35.7 Å². The molecule has 2 N–H and O–H groups in total. The number of carbonyl (C=O) groups excluding carboxylic acids is 1. The number of anilines is 1. The number of thiophene rings is 1. The van der Waals surface area contributed by atoms with E-state index in [4.69, 9.17) is 5.73 Å². The molecule has 3 nitrogen and oxygen atoms in total. The number of nitrogens with zero attached hydrogens (tertiary/aromatic N) is 1. The van der Waals surface area contributed by atoms with Crippen LogP contribution >= 0.6 is 11.3 Å². The van der Waals surface area contributed by atoms with Crippen LogP contribution in [-0.2, 0) is 11.2 Å². The SMILES string of the molecule is Cc1ccsc1C(Cc1ccccc1N)N(C)C(=O)C(C)C. The summed E-state index contributed by atoms with van der Waals surface area (Å²) in [7, 11) is 1.89. The van der Waals surface area contributed by atoms with Crippen molar-refractivity contribution in [3.05, 3.63) is 51.7 Å². The molecule has 0 bridgehead atoms. The molecular formula is C18H24N2OS. The van der Waals surface area contributed by atoms with Crippen molar-refractivity contribution in [2.24, 2.45) is 5.92 Å². The quantitative estimate of drug-likeness (QED) is 0.846. The van der Waals surface area contributed by atoms with Crippen molar-refractivity contribution in [1.29, 1.82) is 0 Å². The number of para-hydroxylation sites is 1. The fraction of sp³-hybridized carbons (Fsp3) is 0.389. The van der Waals surface area contributed by atoms with E-state index in [1.54, 1.807) is 11.3 Å². The molecule has 118 valence electrons. The van der Waals surface area contributed by atoms with Gasteiger partial charge in [0.2, 0.25) is 5.91 Å². The van der Waals surface area contributed by atoms with Crippen molar-refractivity contribution in [1.82, 2.24) is 4.90 Å². The van der Waals surface area contributed by atoms with Gasteiger partial charge in [0.25, 0.3) is 0 Å². The molecule has 0 saturated heterocycles. The summed E-state index contributed by atoms with van der Waals surface area (Å²) in [6.07, 6.45) is 0.739. The monoisotopic (exact) mass is 316 g/mol. The van der Waals surface area contributed by atoms with Gasteiger partial charge in [0, 0.05) is 23.5 Å². The standard InChI is InChI=1S/C18H24N2OS/c1-12(2)18(21)20(4)16(17-13(3)9-10-22-17)11-14-7-5-6-8-15(14)19/h5-10,12,16H,11,19H2,1-4H3. The fourth-order valence-corrected chi connectivity index (χ4v) is 3.69. The van der Waals surface area contributed by atoms with E-state index in [1.165, 1.54) is 10.4 Å². The van der Waals surface area contributed by atoms with E-state index in [9.17, 15) is 4.79 Å². The number of benzene rings is 1. The molecule has 0 saturated carbocycles. The molecule has 0 radical (unpaired) electrons. The van der Waals surface area contributed by atoms with Gasteiger partial charge in [-0.05, 0) is 42.0 Å². The van der Waals surface area contributed by atoms with Gasteiger partial charge in [-0.3, -0.25) is 4.79 Å². The number of likely N-dealkylation sites (N-methyl/N-ethyl adjacent to an activating group) is 1. The van der Waals surface area contributed by atoms with Crippen molar-refractivity contribution in [3.63, 3.8) is 0 Å². The summed E-state index contributed by atoms with van der Waals surface area (Å²) in [5.41, 5.74) is 9.20. The molecule has 1 heterocycles. The van der Waals surface area contributed by atoms with Crippen molar-refractivity contribution >= 4 is 22.9 Å². The maximum atomic E-state index is 12.5. The van der Waals surface area contributed by atoms with Gasteiger partial charge in [0.15, 0.2) is 0 Å². The maximum Gasteiger partial charge on any atom is 0.225 e. The molecule has 4 heteroatoms. The van der Waals surface area contributed by atoms with E-state index < -0.39 is 0 Å². The van der Waals surface area contributed by atoms with Crippen LogP contribution in [0.25, 0.3) is 0 Å². The summed E-state index contributed by atoms with van der Waals surface area (Å²) in [6, 6.07) is 10.0. The first-order valence-electron chi connectivity index (χ1n) is 7.55. The van der Waals surface area contributed by atoms with E-state index >= 15 is 0 Å². The normalized spacial score (nSPS) is 12.4. The first kappa shape index (κ1) is 16.6. The summed E-state index contributed by atoms with van der Waals surface area (Å²) in [6.45, 7) is 5.98. The number of aryl methyl sites for hydroxylation is 1. The Kier molecular flexibility index (Phi) is 5.24. The van der Waals surface area contributed by atoms with Gasteiger partial charge < -0.3 is 10.6 Å². The summed E-state index contributed by atoms with van der Waals surface area (Å²) in [4.78, 5) is 15.6. The molecule has 1 unspecified atom stereocenters. The number of nitrogens with two attached hydrogens (primary N) is 1. The molecule has 1 aromatic heterocycles. The number of rotatable bonds is 5. The van der Waals surface area contributed by atoms with E-state index in [0.29, 0.717) is 0 Å². The average molecular weight is 316 g/mol. The van der Waals surface area contributed by atoms with Gasteiger partial charge in [-0.2, -0.15) is 0 Å². The second kappa shape index (κ2) is 6.97. The highest BCUT2D eigenvalue weighted by Gasteiger charge is 2.26. The highest BCUT2D eigenvalue weighted by molar-refractivity contribution is 7.10. The number of hydrogen-bond donors (Lipinski definition) is 1. The van der Waals surface area contributed by atoms with Crippen LogP contribution in [0.1, 0.15) is 35.9 Å². The number of hydrogen-bond acceptors (Lipinski definition) is 3. The van der Waals surface area contributed by atoms with Crippen LogP contribution in [0.5, 0.6) is 0 Å². The number of nitrogen functional groups attached to an aromatic ring is 1. The largest absolute Gasteiger partial charge is 0.399 e. The second-order valence-corrected chi connectivity index (χ2v) is 6.94. The molecule has 1 atom stereocenters. The fourth-order valence-electron chi connectivity index (χ4n) is 2.62. The van der Waals surface area contributed by atoms with Crippen LogP contribution in [0.2, 0.25) is 0 Å². The molecule has 0 aliphatic rings. The summed E-state index contributed by atoms with van der Waals surface area (Å²) < 4.78 is 0. The molecule has 2 aromatic rings. The summed E-state index contributed by atoms with van der Waals surface area (Å²) in [5.74, 6) is 0.146. The van der Waals surface area contributed by atoms with Crippen molar-refractivity contribution in [2.75, 3.05) is 12.8 Å². The van der Waals surface area contributed by atoms with Gasteiger partial charge in [0.1, 0.15) is 0 Å². The smallest absolute Gasteiger partial charge is 0.225 e. The summed E-state index contributed by atoms with van der Waals surface area (Å²) >= 11 is 1.71. The van der Waals surface area contributed by atoms with Crippen molar-refractivity contribution < 1.29 is 4.79 Å². The van der Waals surface area contributed by atoms with Crippen LogP contribution in [-0.4, -0.2) is 17.9 Å². The zero-order valence-corrected chi connectivity index (χ0v) is 14.5. The third kappa shape index (κ3) is 3.50. The highest BCUT2D eigenvalue weighted by Crippen LogP contribution is 2.33. The molecule has 22 heavy (non-hydrogen) atoms. The van der Waals surface area contributed by atoms with Gasteiger partial charge in [0.05, 0.1) is 6.04 Å². The van der Waals surface area contributed by atoms with Gasteiger partial charge in [-0.15, -0.1) is 11.3 Å². The Bertz CT molecular complexity index is 648. The third-order valence-electron chi connectivity index (χ3n) is 3.98. The molecule has 0 aliphatic heterocycles. The Hall–Kier alpha value is -1.81. The second-order valence-electron chi connectivity index (χ2n) is 5.99. The van der Waals surface area contributed by atoms with E-state index in [0.717, 1.165) is 17.7 Å². The minimum atomic E-state index is -0.0131. The van der Waals surface area contributed by atoms with Crippen molar-refractivity contribution in [3.8, 4) is 0 Å². The zero-order chi connectivity index (χ0) is 16.3. The Labute approximate surface area is 136 Å². The molecule has 1 aromatic carbocycles. The highest BCUT2D eigenvalue weighted by atomic mass is 32.1. The van der Waals surface area contributed by atoms with Crippen LogP contribution < -0.4 is 5.73 Å². The van der Waals surface area contributed by atoms with E-state index in [2.05, 4.69) is 18.4 Å². The molecule has 0 fully saturated rings. The van der Waals surface area contributed by atoms with Gasteiger partial charge in [-0.25, -0.2) is 0 Å². The first-order valence-corrected chi connectivity index (χ1v) is 8.43. The third-order valence-corrected chi connectivity index (χ3v) is 5.10. The molecule has 1 amide bonds. The van der Waals surface area contributed by atoms with Crippen LogP contribution in [0, 0.1) is 12.8 Å². The lowest BCUT2D eigenvalue weighted by molar-refractivity contribution is -0.135. The minimum absolute atomic E-state index is 0.0131. The lowest BCUT2D eigenvalue weighted by atomic mass is 9.99. The topological polar surface area (TPSA) is 46.3 Å². The molecule has 0 aliphatic carbocycles. The van der Waals surface area contributed by atoms with Gasteiger partial charge in [-0.1, -0.05) is 32.0 Å². The zero-order valence-electron chi connectivity index (χ0n) is 13.7. The van der Waals surface area contributed by atoms with E-state index in [-0.39, 0.29) is 17.9 Å². The Morgan fingerprint density at radius 1 is 1.27 bits per heavy atom. The van der Waals surface area contributed by atoms with Crippen LogP contribution in [0.3, 0.4) is 0 Å². The van der Waals surface area contributed by atoms with Crippen molar-refractivity contribution in [2.45, 2.75) is 33.2 Å². The van der Waals surface area contributed by atoms with Crippen LogP contribution in [0.4, 0.5) is 5.69 Å². The lowest BCUT2D eigenvalue weighted by Gasteiger charge is -2.30. The lowest BCUT2D eigenvalue weighted by Crippen LogP contribution is -2.35. The van der Waals surface area contributed by atoms with E-state index in [1.807, 2.05) is 50.1 Å². The molecule has 2 rings (SSSR count). The average Bonchev–Trinajstić information content (AvgIpc) is 2.91. The Morgan fingerprint density at radius 2 is 1.95 bits per heavy atom. The predicted molar refractivity (Wildman–Crippen MR) is 94.0 cm³/mol.